The van der Waals surface area contributed by atoms with E-state index in [9.17, 15) is 4.79 Å². The van der Waals surface area contributed by atoms with E-state index >= 15 is 0 Å². The van der Waals surface area contributed by atoms with E-state index in [4.69, 9.17) is 4.42 Å². The zero-order valence-corrected chi connectivity index (χ0v) is 16.5. The number of nitrogens with zero attached hydrogens (tertiary/aromatic N) is 2. The molecule has 138 valence electrons. The number of carbonyl (C=O) groups excluding carboxylic acids is 1. The van der Waals surface area contributed by atoms with Crippen LogP contribution in [-0.4, -0.2) is 41.0 Å². The van der Waals surface area contributed by atoms with E-state index in [1.807, 2.05) is 24.4 Å². The lowest BCUT2D eigenvalue weighted by Gasteiger charge is -2.27. The Labute approximate surface area is 164 Å². The van der Waals surface area contributed by atoms with Gasteiger partial charge in [-0.2, -0.15) is 0 Å². The first-order valence-electron chi connectivity index (χ1n) is 8.24. The number of carbonyl (C=O) groups is 1. The molecule has 2 aliphatic heterocycles. The van der Waals surface area contributed by atoms with Crippen molar-refractivity contribution in [3.8, 4) is 10.8 Å². The molecule has 0 radical (unpaired) electrons. The van der Waals surface area contributed by atoms with Crippen LogP contribution in [0.3, 0.4) is 0 Å². The maximum atomic E-state index is 12.8. The van der Waals surface area contributed by atoms with Crippen LogP contribution >= 0.6 is 36.2 Å². The second-order valence-corrected chi connectivity index (χ2v) is 7.30. The van der Waals surface area contributed by atoms with Gasteiger partial charge in [-0.05, 0) is 44.2 Å². The summed E-state index contributed by atoms with van der Waals surface area (Å²) >= 11 is 1.60. The zero-order valence-electron chi connectivity index (χ0n) is 14.1. The number of rotatable bonds is 3. The molecule has 5 nitrogen and oxygen atoms in total. The fraction of sp³-hybridized carbons (Fsp3) is 0.529. The summed E-state index contributed by atoms with van der Waals surface area (Å²) in [6, 6.07) is 4.71. The number of halogens is 2. The minimum absolute atomic E-state index is 0. The second kappa shape index (κ2) is 8.54. The minimum Gasteiger partial charge on any atom is -0.440 e. The van der Waals surface area contributed by atoms with Gasteiger partial charge in [-0.3, -0.25) is 4.79 Å². The maximum absolute atomic E-state index is 12.8. The third kappa shape index (κ3) is 4.03. The van der Waals surface area contributed by atoms with Crippen LogP contribution in [0.2, 0.25) is 0 Å². The van der Waals surface area contributed by atoms with E-state index < -0.39 is 0 Å². The zero-order chi connectivity index (χ0) is 15.8. The molecule has 2 aromatic heterocycles. The topological polar surface area (TPSA) is 58.4 Å². The van der Waals surface area contributed by atoms with E-state index in [0.717, 1.165) is 48.7 Å². The molecule has 0 spiro atoms. The van der Waals surface area contributed by atoms with Gasteiger partial charge in [0.2, 0.25) is 11.8 Å². The van der Waals surface area contributed by atoms with Crippen LogP contribution in [-0.2, 0) is 11.2 Å². The smallest absolute Gasteiger partial charge is 0.236 e. The molecule has 2 aromatic rings. The second-order valence-electron chi connectivity index (χ2n) is 6.35. The Kier molecular flexibility index (Phi) is 6.91. The summed E-state index contributed by atoms with van der Waals surface area (Å²) in [5.41, 5.74) is 0.773. The minimum atomic E-state index is 0. The van der Waals surface area contributed by atoms with Crippen molar-refractivity contribution in [2.45, 2.75) is 44.7 Å². The van der Waals surface area contributed by atoms with E-state index in [1.54, 1.807) is 11.3 Å². The molecule has 1 amide bonds. The Balaban J connectivity index is 0.00000113. The number of hydrogen-bond acceptors (Lipinski definition) is 5. The first kappa shape index (κ1) is 20.2. The molecule has 8 heteroatoms. The molecule has 2 bridgehead atoms. The first-order valence-corrected chi connectivity index (χ1v) is 9.12. The highest BCUT2D eigenvalue weighted by molar-refractivity contribution is 7.13. The van der Waals surface area contributed by atoms with Gasteiger partial charge < -0.3 is 14.6 Å². The third-order valence-corrected chi connectivity index (χ3v) is 5.74. The third-order valence-electron chi connectivity index (χ3n) is 4.89. The van der Waals surface area contributed by atoms with Crippen molar-refractivity contribution in [3.05, 3.63) is 29.0 Å². The number of amides is 1. The van der Waals surface area contributed by atoms with Gasteiger partial charge in [0, 0.05) is 18.6 Å². The lowest BCUT2D eigenvalue weighted by atomic mass is 10.1. The van der Waals surface area contributed by atoms with Crippen molar-refractivity contribution in [1.82, 2.24) is 15.2 Å². The van der Waals surface area contributed by atoms with Gasteiger partial charge in [-0.25, -0.2) is 4.98 Å². The predicted molar refractivity (Wildman–Crippen MR) is 104 cm³/mol. The highest BCUT2D eigenvalue weighted by Gasteiger charge is 2.38. The van der Waals surface area contributed by atoms with Crippen LogP contribution in [0.5, 0.6) is 0 Å². The summed E-state index contributed by atoms with van der Waals surface area (Å²) in [5, 5.41) is 5.44. The van der Waals surface area contributed by atoms with Crippen LogP contribution in [0.4, 0.5) is 0 Å². The highest BCUT2D eigenvalue weighted by atomic mass is 35.5. The first-order chi connectivity index (χ1) is 11.2. The summed E-state index contributed by atoms with van der Waals surface area (Å²) < 4.78 is 5.76. The molecule has 4 heterocycles. The molecular weight excluding hydrogens is 381 g/mol. The SMILES string of the molecule is Cc1oc(-c2cccs2)nc1CC(=O)N1C2CCNCC1CC2.Cl.Cl. The van der Waals surface area contributed by atoms with Gasteiger partial charge in [0.05, 0.1) is 17.0 Å². The van der Waals surface area contributed by atoms with Crippen LogP contribution in [0.1, 0.15) is 30.7 Å². The van der Waals surface area contributed by atoms with Gasteiger partial charge >= 0.3 is 0 Å². The lowest BCUT2D eigenvalue weighted by Crippen LogP contribution is -2.43. The molecule has 2 atom stereocenters. The normalized spacial score (nSPS) is 22.0. The fourth-order valence-electron chi connectivity index (χ4n) is 3.72. The van der Waals surface area contributed by atoms with E-state index in [1.165, 1.54) is 0 Å². The van der Waals surface area contributed by atoms with Gasteiger partial charge in [0.25, 0.3) is 0 Å². The molecule has 0 saturated carbocycles. The Hall–Kier alpha value is -1.08. The van der Waals surface area contributed by atoms with Gasteiger partial charge in [-0.1, -0.05) is 6.07 Å². The number of hydrogen-bond donors (Lipinski definition) is 1. The average molecular weight is 404 g/mol. The molecule has 0 aromatic carbocycles. The van der Waals surface area contributed by atoms with Gasteiger partial charge in [-0.15, -0.1) is 36.2 Å². The van der Waals surface area contributed by atoms with Crippen molar-refractivity contribution in [2.24, 2.45) is 0 Å². The quantitative estimate of drug-likeness (QED) is 0.852. The standard InChI is InChI=1S/C17H21N3O2S.2ClH/c1-11-14(19-17(22-11)15-3-2-8-23-15)9-16(21)20-12-4-5-13(20)10-18-7-6-12;;/h2-3,8,12-13,18H,4-7,9-10H2,1H3;2*1H. The van der Waals surface area contributed by atoms with Crippen LogP contribution in [0.15, 0.2) is 21.9 Å². The maximum Gasteiger partial charge on any atom is 0.236 e. The summed E-state index contributed by atoms with van der Waals surface area (Å²) in [5.74, 6) is 1.57. The Morgan fingerprint density at radius 1 is 1.36 bits per heavy atom. The van der Waals surface area contributed by atoms with Gasteiger partial charge in [0.1, 0.15) is 5.76 Å². The molecule has 2 aliphatic rings. The number of nitrogens with one attached hydrogen (secondary N) is 1. The molecule has 4 rings (SSSR count). The van der Waals surface area contributed by atoms with E-state index in [-0.39, 0.29) is 30.7 Å². The van der Waals surface area contributed by atoms with Crippen molar-refractivity contribution < 1.29 is 9.21 Å². The largest absolute Gasteiger partial charge is 0.440 e. The molecule has 2 saturated heterocycles. The molecule has 1 N–H and O–H groups in total. The van der Waals surface area contributed by atoms with Gasteiger partial charge in [0.15, 0.2) is 0 Å². The Morgan fingerprint density at radius 3 is 2.92 bits per heavy atom. The molecular formula is C17H23Cl2N3O2S. The Bertz CT molecular complexity index is 691. The summed E-state index contributed by atoms with van der Waals surface area (Å²) in [6.07, 6.45) is 3.65. The molecule has 0 aliphatic carbocycles. The van der Waals surface area contributed by atoms with Crippen LogP contribution < -0.4 is 5.32 Å². The van der Waals surface area contributed by atoms with Crippen LogP contribution in [0, 0.1) is 6.92 Å². The molecule has 25 heavy (non-hydrogen) atoms. The summed E-state index contributed by atoms with van der Waals surface area (Å²) in [4.78, 5) is 20.5. The van der Waals surface area contributed by atoms with Crippen molar-refractivity contribution >= 4 is 42.1 Å². The van der Waals surface area contributed by atoms with Crippen molar-refractivity contribution in [3.63, 3.8) is 0 Å². The molecule has 2 fully saturated rings. The number of aryl methyl sites for hydroxylation is 1. The van der Waals surface area contributed by atoms with E-state index in [2.05, 4.69) is 15.2 Å². The number of aromatic nitrogens is 1. The number of thiophene rings is 1. The van der Waals surface area contributed by atoms with E-state index in [0.29, 0.717) is 24.4 Å². The number of fused-ring (bicyclic) bond motifs is 2. The summed E-state index contributed by atoms with van der Waals surface area (Å²) in [7, 11) is 0. The predicted octanol–water partition coefficient (Wildman–Crippen LogP) is 3.45. The lowest BCUT2D eigenvalue weighted by molar-refractivity contribution is -0.133. The Morgan fingerprint density at radius 2 is 2.16 bits per heavy atom. The monoisotopic (exact) mass is 403 g/mol. The van der Waals surface area contributed by atoms with Crippen molar-refractivity contribution in [2.75, 3.05) is 13.1 Å². The van der Waals surface area contributed by atoms with Crippen molar-refractivity contribution in [1.29, 1.82) is 0 Å². The number of oxazole rings is 1. The fourth-order valence-corrected chi connectivity index (χ4v) is 4.37. The highest BCUT2D eigenvalue weighted by Crippen LogP contribution is 2.30. The summed E-state index contributed by atoms with van der Waals surface area (Å²) in [6.45, 7) is 3.82. The molecule has 2 unspecified atom stereocenters. The average Bonchev–Trinajstić information content (AvgIpc) is 3.19. The van der Waals surface area contributed by atoms with Crippen LogP contribution in [0.25, 0.3) is 10.8 Å².